The lowest BCUT2D eigenvalue weighted by molar-refractivity contribution is -0.144. The molecule has 21 heavy (non-hydrogen) atoms. The van der Waals surface area contributed by atoms with E-state index in [9.17, 15) is 18.0 Å². The second kappa shape index (κ2) is 6.64. The van der Waals surface area contributed by atoms with Crippen LogP contribution in [-0.4, -0.2) is 17.2 Å². The SMILES string of the molecule is CC1CCCC(NCCn2c(C(F)(F)F)cccc2=O)C1. The van der Waals surface area contributed by atoms with Gasteiger partial charge in [-0.1, -0.05) is 25.8 Å². The first kappa shape index (κ1) is 16.1. The Morgan fingerprint density at radius 1 is 1.33 bits per heavy atom. The zero-order valence-corrected chi connectivity index (χ0v) is 12.1. The minimum absolute atomic E-state index is 0.0411. The van der Waals surface area contributed by atoms with Gasteiger partial charge >= 0.3 is 6.18 Å². The van der Waals surface area contributed by atoms with Crippen molar-refractivity contribution in [2.45, 2.75) is 51.4 Å². The Bertz CT molecular complexity index is 524. The lowest BCUT2D eigenvalue weighted by Gasteiger charge is -2.27. The molecule has 2 unspecified atom stereocenters. The monoisotopic (exact) mass is 302 g/mol. The minimum Gasteiger partial charge on any atom is -0.312 e. The van der Waals surface area contributed by atoms with Crippen LogP contribution in [0.3, 0.4) is 0 Å². The van der Waals surface area contributed by atoms with Gasteiger partial charge in [0, 0.05) is 25.2 Å². The average molecular weight is 302 g/mol. The van der Waals surface area contributed by atoms with Crippen molar-refractivity contribution in [2.75, 3.05) is 6.54 Å². The number of alkyl halides is 3. The molecule has 0 aliphatic heterocycles. The standard InChI is InChI=1S/C15H21F3N2O/c1-11-4-2-5-12(10-11)19-8-9-20-13(15(16,17)18)6-3-7-14(20)21/h3,6-7,11-12,19H,2,4-5,8-10H2,1H3. The summed E-state index contributed by atoms with van der Waals surface area (Å²) >= 11 is 0. The minimum atomic E-state index is -4.50. The third-order valence-corrected chi connectivity index (χ3v) is 4.04. The molecule has 1 fully saturated rings. The zero-order chi connectivity index (χ0) is 15.5. The Labute approximate surface area is 122 Å². The van der Waals surface area contributed by atoms with E-state index in [0.717, 1.165) is 42.0 Å². The molecule has 0 aromatic carbocycles. The maximum Gasteiger partial charge on any atom is 0.431 e. The van der Waals surface area contributed by atoms with E-state index in [1.807, 2.05) is 0 Å². The number of halogens is 3. The molecule has 1 aromatic heterocycles. The summed E-state index contributed by atoms with van der Waals surface area (Å²) in [5, 5.41) is 3.28. The fourth-order valence-corrected chi connectivity index (χ4v) is 3.00. The second-order valence-corrected chi connectivity index (χ2v) is 5.82. The Morgan fingerprint density at radius 2 is 2.10 bits per heavy atom. The molecule has 0 spiro atoms. The Balaban J connectivity index is 1.98. The van der Waals surface area contributed by atoms with Crippen LogP contribution in [0.5, 0.6) is 0 Å². The van der Waals surface area contributed by atoms with E-state index in [1.54, 1.807) is 0 Å². The molecular formula is C15H21F3N2O. The number of rotatable bonds is 4. The molecule has 3 nitrogen and oxygen atoms in total. The van der Waals surface area contributed by atoms with Gasteiger partial charge in [0.25, 0.3) is 5.56 Å². The Kier molecular flexibility index (Phi) is 5.08. The summed E-state index contributed by atoms with van der Waals surface area (Å²) in [5.74, 6) is 0.654. The number of aromatic nitrogens is 1. The summed E-state index contributed by atoms with van der Waals surface area (Å²) in [6, 6.07) is 3.61. The van der Waals surface area contributed by atoms with Gasteiger partial charge in [-0.15, -0.1) is 0 Å². The van der Waals surface area contributed by atoms with Crippen LogP contribution in [0.1, 0.15) is 38.3 Å². The average Bonchev–Trinajstić information content (AvgIpc) is 2.39. The van der Waals surface area contributed by atoms with E-state index in [1.165, 1.54) is 6.42 Å². The summed E-state index contributed by atoms with van der Waals surface area (Å²) < 4.78 is 39.4. The van der Waals surface area contributed by atoms with Gasteiger partial charge in [-0.3, -0.25) is 4.79 Å². The number of nitrogens with one attached hydrogen (secondary N) is 1. The lowest BCUT2D eigenvalue weighted by atomic mass is 9.87. The molecule has 1 aliphatic rings. The van der Waals surface area contributed by atoms with Crippen LogP contribution in [-0.2, 0) is 12.7 Å². The first-order valence-electron chi connectivity index (χ1n) is 7.38. The zero-order valence-electron chi connectivity index (χ0n) is 12.1. The molecule has 2 atom stereocenters. The van der Waals surface area contributed by atoms with Gasteiger partial charge in [-0.05, 0) is 24.8 Å². The predicted octanol–water partition coefficient (Wildman–Crippen LogP) is 3.04. The lowest BCUT2D eigenvalue weighted by Crippen LogP contribution is -2.38. The molecule has 1 heterocycles. The molecule has 1 aliphatic carbocycles. The molecule has 6 heteroatoms. The van der Waals surface area contributed by atoms with Crippen molar-refractivity contribution in [3.05, 3.63) is 34.2 Å². The van der Waals surface area contributed by atoms with Gasteiger partial charge in [-0.2, -0.15) is 13.2 Å². The molecule has 1 saturated carbocycles. The summed E-state index contributed by atoms with van der Waals surface area (Å²) in [4.78, 5) is 11.7. The first-order chi connectivity index (χ1) is 9.88. The third kappa shape index (κ3) is 4.33. The summed E-state index contributed by atoms with van der Waals surface area (Å²) in [5.41, 5.74) is -1.49. The summed E-state index contributed by atoms with van der Waals surface area (Å²) in [7, 11) is 0. The smallest absolute Gasteiger partial charge is 0.312 e. The third-order valence-electron chi connectivity index (χ3n) is 4.04. The molecular weight excluding hydrogens is 281 g/mol. The van der Waals surface area contributed by atoms with Crippen molar-refractivity contribution in [1.82, 2.24) is 9.88 Å². The number of hydrogen-bond acceptors (Lipinski definition) is 2. The topological polar surface area (TPSA) is 34.0 Å². The van der Waals surface area contributed by atoms with E-state index >= 15 is 0 Å². The largest absolute Gasteiger partial charge is 0.431 e. The highest BCUT2D eigenvalue weighted by molar-refractivity contribution is 5.10. The van der Waals surface area contributed by atoms with Crippen molar-refractivity contribution in [2.24, 2.45) is 5.92 Å². The number of nitrogens with zero attached hydrogens (tertiary/aromatic N) is 1. The highest BCUT2D eigenvalue weighted by Crippen LogP contribution is 2.28. The van der Waals surface area contributed by atoms with E-state index in [4.69, 9.17) is 0 Å². The van der Waals surface area contributed by atoms with Crippen LogP contribution in [0.15, 0.2) is 23.0 Å². The van der Waals surface area contributed by atoms with Gasteiger partial charge in [0.05, 0.1) is 0 Å². The highest BCUT2D eigenvalue weighted by Gasteiger charge is 2.34. The molecule has 0 radical (unpaired) electrons. The van der Waals surface area contributed by atoms with Gasteiger partial charge in [0.15, 0.2) is 0 Å². The van der Waals surface area contributed by atoms with Crippen molar-refractivity contribution in [3.63, 3.8) is 0 Å². The fourth-order valence-electron chi connectivity index (χ4n) is 3.00. The Hall–Kier alpha value is -1.30. The van der Waals surface area contributed by atoms with Crippen molar-refractivity contribution in [1.29, 1.82) is 0 Å². The highest BCUT2D eigenvalue weighted by atomic mass is 19.4. The van der Waals surface area contributed by atoms with Crippen LogP contribution >= 0.6 is 0 Å². The van der Waals surface area contributed by atoms with Crippen LogP contribution in [0.2, 0.25) is 0 Å². The van der Waals surface area contributed by atoms with Gasteiger partial charge in [0.2, 0.25) is 0 Å². The van der Waals surface area contributed by atoms with Crippen LogP contribution < -0.4 is 10.9 Å². The molecule has 1 aromatic rings. The second-order valence-electron chi connectivity index (χ2n) is 5.82. The van der Waals surface area contributed by atoms with Gasteiger partial charge in [-0.25, -0.2) is 0 Å². The van der Waals surface area contributed by atoms with Crippen LogP contribution in [0, 0.1) is 5.92 Å². The summed E-state index contributed by atoms with van der Waals surface area (Å²) in [6.07, 6.45) is -0.0256. The maximum atomic E-state index is 12.9. The number of pyridine rings is 1. The molecule has 0 saturated heterocycles. The normalized spacial score (nSPS) is 23.2. The van der Waals surface area contributed by atoms with E-state index in [0.29, 0.717) is 18.5 Å². The molecule has 118 valence electrons. The molecule has 0 amide bonds. The Morgan fingerprint density at radius 3 is 2.76 bits per heavy atom. The van der Waals surface area contributed by atoms with Crippen LogP contribution in [0.25, 0.3) is 0 Å². The first-order valence-corrected chi connectivity index (χ1v) is 7.38. The summed E-state index contributed by atoms with van der Waals surface area (Å²) in [6.45, 7) is 2.61. The van der Waals surface area contributed by atoms with E-state index in [-0.39, 0.29) is 6.54 Å². The van der Waals surface area contributed by atoms with Crippen LogP contribution in [0.4, 0.5) is 13.2 Å². The molecule has 1 N–H and O–H groups in total. The molecule has 2 rings (SSSR count). The van der Waals surface area contributed by atoms with E-state index < -0.39 is 17.4 Å². The van der Waals surface area contributed by atoms with Gasteiger partial charge in [0.1, 0.15) is 5.69 Å². The van der Waals surface area contributed by atoms with Crippen molar-refractivity contribution >= 4 is 0 Å². The van der Waals surface area contributed by atoms with Crippen molar-refractivity contribution < 1.29 is 13.2 Å². The molecule has 0 bridgehead atoms. The quantitative estimate of drug-likeness (QED) is 0.927. The van der Waals surface area contributed by atoms with E-state index in [2.05, 4.69) is 12.2 Å². The fraction of sp³-hybridized carbons (Fsp3) is 0.667. The van der Waals surface area contributed by atoms with Gasteiger partial charge < -0.3 is 9.88 Å². The van der Waals surface area contributed by atoms with Crippen molar-refractivity contribution in [3.8, 4) is 0 Å². The predicted molar refractivity (Wildman–Crippen MR) is 75.1 cm³/mol. The number of hydrogen-bond donors (Lipinski definition) is 1. The maximum absolute atomic E-state index is 12.9.